The summed E-state index contributed by atoms with van der Waals surface area (Å²) in [5, 5.41) is 44.8. The average molecular weight is 583 g/mol. The van der Waals surface area contributed by atoms with Crippen LogP contribution in [0.15, 0.2) is 30.5 Å². The zero-order chi connectivity index (χ0) is 30.0. The number of unbranched alkanes of at least 4 members (excludes halogenated alkanes) is 7. The van der Waals surface area contributed by atoms with Crippen molar-refractivity contribution in [3.63, 3.8) is 0 Å². The number of fused-ring (bicyclic) bond motifs is 2. The van der Waals surface area contributed by atoms with Crippen LogP contribution in [0.25, 0.3) is 21.8 Å². The second-order valence-electron chi connectivity index (χ2n) is 13.1. The number of benzene rings is 1. The van der Waals surface area contributed by atoms with E-state index in [9.17, 15) is 25.2 Å². The highest BCUT2D eigenvalue weighted by molar-refractivity contribution is 5.95. The number of H-pyrrole nitrogens is 2. The van der Waals surface area contributed by atoms with Gasteiger partial charge >= 0.3 is 5.97 Å². The first-order valence-electron chi connectivity index (χ1n) is 16.7. The number of carboxylic acid groups (broad SMARTS) is 1. The third kappa shape index (κ3) is 9.08. The van der Waals surface area contributed by atoms with E-state index in [1.165, 1.54) is 31.1 Å². The Morgan fingerprint density at radius 2 is 1.64 bits per heavy atom. The van der Waals surface area contributed by atoms with E-state index in [-0.39, 0.29) is 12.0 Å². The highest BCUT2D eigenvalue weighted by Crippen LogP contribution is 2.42. The van der Waals surface area contributed by atoms with Crippen molar-refractivity contribution in [3.8, 4) is 0 Å². The molecule has 7 heteroatoms. The molecule has 0 bridgehead atoms. The molecule has 5 atom stereocenters. The molecule has 3 aromatic rings. The minimum atomic E-state index is -0.960. The lowest BCUT2D eigenvalue weighted by Gasteiger charge is -2.32. The standard InChI is InChI=1S/C35H54N2O5/c1-2-3-4-5-8-13-29(38)14-9-6-7-10-15-30(34(40)41)33(39)16-19-35(42)18-11-12-27(35)23-28-22-26-21-25-17-20-36-31(25)24-32(26)37-28/h17,20-22,24,27,29-30,33,36-39,42H,2-16,18-19,23H2,1H3,(H,40,41)/t27-,29-,30-,33+,35-/m0/s1. The van der Waals surface area contributed by atoms with Gasteiger partial charge in [-0.25, -0.2) is 0 Å². The first-order valence-corrected chi connectivity index (χ1v) is 16.7. The first kappa shape index (κ1) is 32.6. The normalized spacial score (nSPS) is 21.3. The Bertz CT molecular complexity index is 1190. The molecule has 0 amide bonds. The van der Waals surface area contributed by atoms with E-state index in [1.54, 1.807) is 0 Å². The largest absolute Gasteiger partial charge is 0.481 e. The molecule has 0 aliphatic heterocycles. The number of carboxylic acids is 1. The minimum absolute atomic E-state index is 0.0811. The highest BCUT2D eigenvalue weighted by Gasteiger charge is 2.42. The average Bonchev–Trinajstić information content (AvgIpc) is 3.68. The number of nitrogens with one attached hydrogen (secondary N) is 2. The van der Waals surface area contributed by atoms with Crippen molar-refractivity contribution >= 4 is 27.8 Å². The molecule has 1 fully saturated rings. The second kappa shape index (κ2) is 15.9. The molecule has 4 rings (SSSR count). The molecule has 0 radical (unpaired) electrons. The Morgan fingerprint density at radius 3 is 2.36 bits per heavy atom. The minimum Gasteiger partial charge on any atom is -0.481 e. The summed E-state index contributed by atoms with van der Waals surface area (Å²) >= 11 is 0. The molecule has 234 valence electrons. The zero-order valence-corrected chi connectivity index (χ0v) is 25.6. The van der Waals surface area contributed by atoms with Crippen LogP contribution in [0.4, 0.5) is 0 Å². The maximum Gasteiger partial charge on any atom is 0.309 e. The molecule has 1 saturated carbocycles. The van der Waals surface area contributed by atoms with Crippen molar-refractivity contribution < 1.29 is 25.2 Å². The van der Waals surface area contributed by atoms with E-state index in [2.05, 4.69) is 41.2 Å². The quantitative estimate of drug-likeness (QED) is 0.0763. The van der Waals surface area contributed by atoms with Crippen LogP contribution in [0.2, 0.25) is 0 Å². The number of hydrogen-bond donors (Lipinski definition) is 6. The molecule has 2 aromatic heterocycles. The monoisotopic (exact) mass is 582 g/mol. The fraction of sp³-hybridized carbons (Fsp3) is 0.686. The van der Waals surface area contributed by atoms with Gasteiger partial charge in [0.1, 0.15) is 0 Å². The highest BCUT2D eigenvalue weighted by atomic mass is 16.4. The Labute approximate surface area is 251 Å². The predicted octanol–water partition coefficient (Wildman–Crippen LogP) is 7.63. The topological polar surface area (TPSA) is 130 Å². The fourth-order valence-corrected chi connectivity index (χ4v) is 7.17. The molecule has 6 N–H and O–H groups in total. The number of aliphatic carboxylic acids is 1. The molecule has 0 unspecified atom stereocenters. The van der Waals surface area contributed by atoms with Crippen molar-refractivity contribution in [3.05, 3.63) is 36.2 Å². The number of rotatable bonds is 20. The third-order valence-electron chi connectivity index (χ3n) is 9.83. The Morgan fingerprint density at radius 1 is 0.929 bits per heavy atom. The maximum atomic E-state index is 12.0. The van der Waals surface area contributed by atoms with Gasteiger partial charge in [-0.05, 0) is 81.5 Å². The smallest absolute Gasteiger partial charge is 0.309 e. The lowest BCUT2D eigenvalue weighted by Crippen LogP contribution is -2.37. The van der Waals surface area contributed by atoms with Gasteiger partial charge < -0.3 is 30.4 Å². The van der Waals surface area contributed by atoms with E-state index in [1.807, 2.05) is 6.20 Å². The van der Waals surface area contributed by atoms with E-state index < -0.39 is 23.6 Å². The van der Waals surface area contributed by atoms with Crippen molar-refractivity contribution in [2.45, 2.75) is 140 Å². The van der Waals surface area contributed by atoms with Gasteiger partial charge in [0.25, 0.3) is 0 Å². The molecular weight excluding hydrogens is 528 g/mol. The van der Waals surface area contributed by atoms with E-state index >= 15 is 0 Å². The van der Waals surface area contributed by atoms with Crippen LogP contribution in [0.3, 0.4) is 0 Å². The zero-order valence-electron chi connectivity index (χ0n) is 25.6. The Hall–Kier alpha value is -2.35. The molecule has 42 heavy (non-hydrogen) atoms. The van der Waals surface area contributed by atoms with E-state index in [4.69, 9.17) is 0 Å². The SMILES string of the molecule is CCCCCCC[C@H](O)CCCCCC[C@H](C(=O)O)[C@H](O)CC[C@@]1(O)CCC[C@H]1Cc1cc2cc3cc[nH]c3cc2[nH]1. The first-order chi connectivity index (χ1) is 20.3. The summed E-state index contributed by atoms with van der Waals surface area (Å²) in [6.07, 6.45) is 16.5. The molecule has 2 heterocycles. The van der Waals surface area contributed by atoms with Crippen LogP contribution in [0.5, 0.6) is 0 Å². The van der Waals surface area contributed by atoms with Crippen LogP contribution < -0.4 is 0 Å². The summed E-state index contributed by atoms with van der Waals surface area (Å²) in [7, 11) is 0. The van der Waals surface area contributed by atoms with Gasteiger partial charge in [-0.2, -0.15) is 0 Å². The lowest BCUT2D eigenvalue weighted by molar-refractivity contribution is -0.146. The molecular formula is C35H54N2O5. The summed E-state index contributed by atoms with van der Waals surface area (Å²) in [6, 6.07) is 8.53. The maximum absolute atomic E-state index is 12.0. The van der Waals surface area contributed by atoms with Crippen LogP contribution in [0.1, 0.15) is 122 Å². The van der Waals surface area contributed by atoms with Gasteiger partial charge in [-0.3, -0.25) is 4.79 Å². The summed E-state index contributed by atoms with van der Waals surface area (Å²) < 4.78 is 0. The van der Waals surface area contributed by atoms with Crippen LogP contribution >= 0.6 is 0 Å². The molecule has 1 aliphatic rings. The van der Waals surface area contributed by atoms with E-state index in [0.29, 0.717) is 25.7 Å². The number of aliphatic hydroxyl groups is 3. The predicted molar refractivity (Wildman–Crippen MR) is 170 cm³/mol. The number of aromatic amines is 2. The number of aromatic nitrogens is 2. The molecule has 7 nitrogen and oxygen atoms in total. The van der Waals surface area contributed by atoms with Crippen molar-refractivity contribution in [1.82, 2.24) is 9.97 Å². The number of hydrogen-bond acceptors (Lipinski definition) is 4. The Kier molecular flexibility index (Phi) is 12.3. The van der Waals surface area contributed by atoms with Gasteiger partial charge in [0, 0.05) is 33.7 Å². The molecule has 1 aliphatic carbocycles. The number of aliphatic hydroxyl groups excluding tert-OH is 2. The van der Waals surface area contributed by atoms with Gasteiger partial charge in [0.05, 0.1) is 23.7 Å². The summed E-state index contributed by atoms with van der Waals surface area (Å²) in [4.78, 5) is 18.8. The van der Waals surface area contributed by atoms with Gasteiger partial charge in [0.2, 0.25) is 0 Å². The molecule has 0 spiro atoms. The van der Waals surface area contributed by atoms with Crippen molar-refractivity contribution in [2.24, 2.45) is 11.8 Å². The van der Waals surface area contributed by atoms with Crippen LogP contribution in [-0.4, -0.2) is 54.2 Å². The lowest BCUT2D eigenvalue weighted by atomic mass is 9.81. The second-order valence-corrected chi connectivity index (χ2v) is 13.1. The summed E-state index contributed by atoms with van der Waals surface area (Å²) in [6.45, 7) is 2.21. The summed E-state index contributed by atoms with van der Waals surface area (Å²) in [5.41, 5.74) is 2.39. The fourth-order valence-electron chi connectivity index (χ4n) is 7.17. The Balaban J connectivity index is 1.18. The van der Waals surface area contributed by atoms with Gasteiger partial charge in [-0.1, -0.05) is 71.1 Å². The number of carbonyl (C=O) groups is 1. The van der Waals surface area contributed by atoms with Crippen LogP contribution in [-0.2, 0) is 11.2 Å². The van der Waals surface area contributed by atoms with E-state index in [0.717, 1.165) is 86.3 Å². The molecule has 1 aromatic carbocycles. The van der Waals surface area contributed by atoms with Gasteiger partial charge in [0.15, 0.2) is 0 Å². The van der Waals surface area contributed by atoms with Crippen molar-refractivity contribution in [1.29, 1.82) is 0 Å². The van der Waals surface area contributed by atoms with Crippen molar-refractivity contribution in [2.75, 3.05) is 0 Å². The molecule has 0 saturated heterocycles. The third-order valence-corrected chi connectivity index (χ3v) is 9.83. The van der Waals surface area contributed by atoms with Crippen LogP contribution in [0, 0.1) is 11.8 Å². The summed E-state index contributed by atoms with van der Waals surface area (Å²) in [5.74, 6) is -1.68. The van der Waals surface area contributed by atoms with Gasteiger partial charge in [-0.15, -0.1) is 0 Å².